The molecular formula is C7H8F3NO4S. The van der Waals surface area contributed by atoms with Crippen LogP contribution in [-0.4, -0.2) is 23.5 Å². The van der Waals surface area contributed by atoms with Gasteiger partial charge in [0.25, 0.3) is 5.56 Å². The Bertz CT molecular complexity index is 491. The predicted octanol–water partition coefficient (Wildman–Crippen LogP) is 1.08. The fourth-order valence-electron chi connectivity index (χ4n) is 0.506. The van der Waals surface area contributed by atoms with E-state index in [2.05, 4.69) is 4.98 Å². The summed E-state index contributed by atoms with van der Waals surface area (Å²) in [6, 6.07) is 3.58. The monoisotopic (exact) mass is 259 g/mol. The molecule has 1 heterocycles. The maximum Gasteiger partial charge on any atom is 0.522 e. The van der Waals surface area contributed by atoms with Crippen molar-refractivity contribution in [2.24, 2.45) is 0 Å². The Morgan fingerprint density at radius 3 is 2.00 bits per heavy atom. The quantitative estimate of drug-likeness (QED) is 0.539. The summed E-state index contributed by atoms with van der Waals surface area (Å²) in [7, 11) is -5.84. The zero-order valence-corrected chi connectivity index (χ0v) is 8.76. The van der Waals surface area contributed by atoms with E-state index in [-0.39, 0.29) is 5.56 Å². The lowest BCUT2D eigenvalue weighted by atomic mass is 10.3. The Kier molecular flexibility index (Phi) is 4.69. The molecule has 0 aliphatic rings. The summed E-state index contributed by atoms with van der Waals surface area (Å²) in [5.74, 6) is 0. The lowest BCUT2D eigenvalue weighted by Crippen LogP contribution is -2.21. The van der Waals surface area contributed by atoms with Crippen LogP contribution in [0.1, 0.15) is 5.56 Å². The second kappa shape index (κ2) is 5.12. The molecule has 0 unspecified atom stereocenters. The van der Waals surface area contributed by atoms with Crippen molar-refractivity contribution in [1.82, 2.24) is 4.98 Å². The number of alkyl halides is 3. The van der Waals surface area contributed by atoms with Crippen LogP contribution in [0.5, 0.6) is 0 Å². The molecule has 0 amide bonds. The molecule has 1 aromatic heterocycles. The first-order valence-electron chi connectivity index (χ1n) is 3.74. The molecule has 0 spiro atoms. The molecule has 9 heteroatoms. The van der Waals surface area contributed by atoms with Gasteiger partial charge < -0.3 is 4.98 Å². The zero-order valence-electron chi connectivity index (χ0n) is 7.95. The largest absolute Gasteiger partial charge is 0.522 e. The Balaban J connectivity index is 0.000000281. The van der Waals surface area contributed by atoms with Crippen molar-refractivity contribution in [2.45, 2.75) is 12.4 Å². The van der Waals surface area contributed by atoms with E-state index >= 15 is 0 Å². The molecule has 0 aliphatic heterocycles. The number of hydrogen-bond acceptors (Lipinski definition) is 3. The first-order valence-corrected chi connectivity index (χ1v) is 5.18. The molecule has 2 N–H and O–H groups in total. The summed E-state index contributed by atoms with van der Waals surface area (Å²) >= 11 is 0. The van der Waals surface area contributed by atoms with Gasteiger partial charge in [-0.1, -0.05) is 6.07 Å². The van der Waals surface area contributed by atoms with Crippen molar-refractivity contribution < 1.29 is 26.1 Å². The number of nitrogens with one attached hydrogen (secondary N) is 1. The topological polar surface area (TPSA) is 87.2 Å². The molecular weight excluding hydrogens is 251 g/mol. The van der Waals surface area contributed by atoms with E-state index in [1.54, 1.807) is 25.3 Å². The van der Waals surface area contributed by atoms with Gasteiger partial charge in [0.2, 0.25) is 0 Å². The van der Waals surface area contributed by atoms with Gasteiger partial charge >= 0.3 is 15.6 Å². The van der Waals surface area contributed by atoms with Gasteiger partial charge in [0.05, 0.1) is 0 Å². The van der Waals surface area contributed by atoms with E-state index in [4.69, 9.17) is 13.0 Å². The minimum Gasteiger partial charge on any atom is -0.329 e. The third-order valence-corrected chi connectivity index (χ3v) is 1.89. The van der Waals surface area contributed by atoms with Gasteiger partial charge in [-0.05, 0) is 13.0 Å². The van der Waals surface area contributed by atoms with E-state index in [0.717, 1.165) is 5.56 Å². The van der Waals surface area contributed by atoms with E-state index in [9.17, 15) is 18.0 Å². The van der Waals surface area contributed by atoms with Gasteiger partial charge in [-0.2, -0.15) is 21.6 Å². The molecule has 1 rings (SSSR count). The molecule has 0 atom stereocenters. The number of rotatable bonds is 0. The Labute approximate surface area is 88.7 Å². The van der Waals surface area contributed by atoms with Crippen molar-refractivity contribution in [3.05, 3.63) is 34.2 Å². The summed E-state index contributed by atoms with van der Waals surface area (Å²) in [5, 5.41) is 0. The van der Waals surface area contributed by atoms with Crippen LogP contribution >= 0.6 is 0 Å². The van der Waals surface area contributed by atoms with Crippen LogP contribution in [0.15, 0.2) is 23.1 Å². The molecule has 0 aromatic carbocycles. The second-order valence-corrected chi connectivity index (χ2v) is 4.02. The number of hydrogen-bond donors (Lipinski definition) is 2. The van der Waals surface area contributed by atoms with Crippen molar-refractivity contribution in [2.75, 3.05) is 0 Å². The minimum absolute atomic E-state index is 0.00694. The zero-order chi connectivity index (χ0) is 13.0. The standard InChI is InChI=1S/C6H7NO.CHF3O3S/c1-5-3-2-4-7-6(5)8;2-1(3,4)8(5,6)7/h2-4H,1H3,(H,7,8);(H,5,6,7). The highest BCUT2D eigenvalue weighted by Crippen LogP contribution is 2.20. The molecule has 1 aromatic rings. The highest BCUT2D eigenvalue weighted by Gasteiger charge is 2.44. The van der Waals surface area contributed by atoms with Crippen molar-refractivity contribution in [3.8, 4) is 0 Å². The number of halogens is 3. The van der Waals surface area contributed by atoms with E-state index in [1.807, 2.05) is 0 Å². The lowest BCUT2D eigenvalue weighted by molar-refractivity contribution is -0.0510. The maximum absolute atomic E-state index is 10.7. The highest BCUT2D eigenvalue weighted by atomic mass is 32.2. The smallest absolute Gasteiger partial charge is 0.329 e. The Hall–Kier alpha value is -1.35. The fraction of sp³-hybridized carbons (Fsp3) is 0.286. The van der Waals surface area contributed by atoms with Crippen molar-refractivity contribution in [3.63, 3.8) is 0 Å². The van der Waals surface area contributed by atoms with Gasteiger partial charge in [-0.3, -0.25) is 9.35 Å². The second-order valence-electron chi connectivity index (χ2n) is 2.60. The SMILES string of the molecule is Cc1ccc[nH]c1=O.O=S(=O)(O)C(F)(F)F. The first kappa shape index (κ1) is 14.6. The molecule has 0 radical (unpaired) electrons. The molecule has 92 valence electrons. The maximum atomic E-state index is 10.7. The first-order chi connectivity index (χ1) is 7.05. The molecule has 0 saturated carbocycles. The molecule has 16 heavy (non-hydrogen) atoms. The summed E-state index contributed by atoms with van der Waals surface area (Å²) < 4.78 is 57.5. The molecule has 0 aliphatic carbocycles. The Morgan fingerprint density at radius 2 is 1.81 bits per heavy atom. The molecule has 0 fully saturated rings. The van der Waals surface area contributed by atoms with Crippen LogP contribution in [0.3, 0.4) is 0 Å². The summed E-state index contributed by atoms with van der Waals surface area (Å²) in [6.45, 7) is 1.78. The van der Waals surface area contributed by atoms with Crippen LogP contribution in [-0.2, 0) is 10.1 Å². The van der Waals surface area contributed by atoms with E-state index in [1.165, 1.54) is 0 Å². The van der Waals surface area contributed by atoms with Crippen LogP contribution in [0.2, 0.25) is 0 Å². The van der Waals surface area contributed by atoms with Gasteiger partial charge in [0, 0.05) is 11.8 Å². The van der Waals surface area contributed by atoms with Crippen LogP contribution < -0.4 is 5.56 Å². The average Bonchev–Trinajstić information content (AvgIpc) is 2.08. The van der Waals surface area contributed by atoms with E-state index < -0.39 is 15.6 Å². The Morgan fingerprint density at radius 1 is 1.38 bits per heavy atom. The van der Waals surface area contributed by atoms with Crippen LogP contribution in [0, 0.1) is 6.92 Å². The molecule has 0 saturated heterocycles. The molecule has 5 nitrogen and oxygen atoms in total. The third-order valence-electron chi connectivity index (χ3n) is 1.31. The van der Waals surface area contributed by atoms with Crippen molar-refractivity contribution in [1.29, 1.82) is 0 Å². The van der Waals surface area contributed by atoms with Crippen molar-refractivity contribution >= 4 is 10.1 Å². The number of aromatic nitrogens is 1. The number of H-pyrrole nitrogens is 1. The lowest BCUT2D eigenvalue weighted by Gasteiger charge is -1.97. The van der Waals surface area contributed by atoms with Gasteiger partial charge in [0.1, 0.15) is 0 Å². The normalized spacial score (nSPS) is 11.6. The van der Waals surface area contributed by atoms with Gasteiger partial charge in [-0.25, -0.2) is 0 Å². The fourth-order valence-corrected chi connectivity index (χ4v) is 0.506. The predicted molar refractivity (Wildman–Crippen MR) is 49.4 cm³/mol. The average molecular weight is 259 g/mol. The minimum atomic E-state index is -5.84. The number of pyridine rings is 1. The summed E-state index contributed by atoms with van der Waals surface area (Å²) in [6.07, 6.45) is 1.62. The van der Waals surface area contributed by atoms with Gasteiger partial charge in [-0.15, -0.1) is 0 Å². The third kappa shape index (κ3) is 4.94. The van der Waals surface area contributed by atoms with E-state index in [0.29, 0.717) is 0 Å². The summed E-state index contributed by atoms with van der Waals surface area (Å²) in [5.41, 5.74) is -4.78. The number of aromatic amines is 1. The van der Waals surface area contributed by atoms with Crippen LogP contribution in [0.25, 0.3) is 0 Å². The molecule has 0 bridgehead atoms. The van der Waals surface area contributed by atoms with Crippen LogP contribution in [0.4, 0.5) is 13.2 Å². The summed E-state index contributed by atoms with van der Waals surface area (Å²) in [4.78, 5) is 13.1. The highest BCUT2D eigenvalue weighted by molar-refractivity contribution is 7.86. The number of aryl methyl sites for hydroxylation is 1. The van der Waals surface area contributed by atoms with Gasteiger partial charge in [0.15, 0.2) is 0 Å².